The van der Waals surface area contributed by atoms with Crippen LogP contribution in [-0.4, -0.2) is 59.1 Å². The zero-order valence-electron chi connectivity index (χ0n) is 16.1. The van der Waals surface area contributed by atoms with Crippen molar-refractivity contribution in [2.24, 2.45) is 11.8 Å². The molecule has 0 aromatic heterocycles. The minimum atomic E-state index is -0.805. The smallest absolute Gasteiger partial charge is 0.317 e. The average Bonchev–Trinajstić information content (AvgIpc) is 2.67. The van der Waals surface area contributed by atoms with E-state index in [1.165, 1.54) is 18.4 Å². The van der Waals surface area contributed by atoms with Crippen molar-refractivity contribution >= 4 is 12.0 Å². The van der Waals surface area contributed by atoms with Gasteiger partial charge in [-0.25, -0.2) is 4.79 Å². The number of hydrogen-bond donors (Lipinski definition) is 2. The highest BCUT2D eigenvalue weighted by molar-refractivity contribution is 5.76. The number of carbonyl (C=O) groups is 2. The number of carbonyl (C=O) groups excluding carboxylic acids is 1. The van der Waals surface area contributed by atoms with Gasteiger partial charge in [0.1, 0.15) is 0 Å². The van der Waals surface area contributed by atoms with Crippen molar-refractivity contribution in [3.8, 4) is 0 Å². The van der Waals surface area contributed by atoms with Crippen molar-refractivity contribution in [3.05, 3.63) is 35.9 Å². The van der Waals surface area contributed by atoms with E-state index >= 15 is 0 Å². The van der Waals surface area contributed by atoms with Gasteiger partial charge in [-0.1, -0.05) is 43.7 Å². The fourth-order valence-corrected chi connectivity index (χ4v) is 4.33. The van der Waals surface area contributed by atoms with Crippen LogP contribution in [0.2, 0.25) is 0 Å². The molecule has 2 N–H and O–H groups in total. The summed E-state index contributed by atoms with van der Waals surface area (Å²) in [7, 11) is 0. The third kappa shape index (κ3) is 5.45. The lowest BCUT2D eigenvalue weighted by Gasteiger charge is -2.38. The summed E-state index contributed by atoms with van der Waals surface area (Å²) >= 11 is 0. The van der Waals surface area contributed by atoms with Crippen molar-refractivity contribution < 1.29 is 14.7 Å². The number of rotatable bonds is 5. The highest BCUT2D eigenvalue weighted by Crippen LogP contribution is 2.22. The van der Waals surface area contributed by atoms with E-state index in [4.69, 9.17) is 0 Å². The molecule has 2 amide bonds. The molecule has 0 radical (unpaired) electrons. The van der Waals surface area contributed by atoms with E-state index in [1.807, 2.05) is 13.0 Å². The molecule has 6 nitrogen and oxygen atoms in total. The van der Waals surface area contributed by atoms with E-state index in [2.05, 4.69) is 34.5 Å². The van der Waals surface area contributed by atoms with Gasteiger partial charge in [-0.2, -0.15) is 0 Å². The van der Waals surface area contributed by atoms with Gasteiger partial charge >= 0.3 is 12.0 Å². The first-order valence-corrected chi connectivity index (χ1v) is 10.1. The largest absolute Gasteiger partial charge is 0.481 e. The SMILES string of the molecule is CC1CC(C(=O)O)CN(C(=O)NCC2CCCCN2Cc2ccccc2)C1. The molecule has 148 valence electrons. The average molecular weight is 373 g/mol. The van der Waals surface area contributed by atoms with Crippen LogP contribution in [0.25, 0.3) is 0 Å². The van der Waals surface area contributed by atoms with Gasteiger partial charge < -0.3 is 15.3 Å². The van der Waals surface area contributed by atoms with Gasteiger partial charge in [0.2, 0.25) is 0 Å². The quantitative estimate of drug-likeness (QED) is 0.832. The Hall–Kier alpha value is -2.08. The Bertz CT molecular complexity index is 637. The predicted octanol–water partition coefficient (Wildman–Crippen LogP) is 2.79. The fourth-order valence-electron chi connectivity index (χ4n) is 4.33. The summed E-state index contributed by atoms with van der Waals surface area (Å²) < 4.78 is 0. The normalized spacial score (nSPS) is 26.6. The van der Waals surface area contributed by atoms with E-state index < -0.39 is 11.9 Å². The van der Waals surface area contributed by atoms with E-state index in [9.17, 15) is 14.7 Å². The molecule has 1 aromatic rings. The van der Waals surface area contributed by atoms with Gasteiger partial charge in [0.05, 0.1) is 5.92 Å². The molecular weight excluding hydrogens is 342 g/mol. The number of amides is 2. The molecular formula is C21H31N3O3. The molecule has 3 unspecified atom stereocenters. The van der Waals surface area contributed by atoms with Crippen LogP contribution < -0.4 is 5.32 Å². The van der Waals surface area contributed by atoms with Gasteiger partial charge in [-0.05, 0) is 37.3 Å². The van der Waals surface area contributed by atoms with Crippen molar-refractivity contribution in [2.45, 2.75) is 45.2 Å². The molecule has 2 aliphatic rings. The van der Waals surface area contributed by atoms with Gasteiger partial charge in [-0.3, -0.25) is 9.69 Å². The first kappa shape index (κ1) is 19.7. The molecule has 2 fully saturated rings. The maximum Gasteiger partial charge on any atom is 0.317 e. The summed E-state index contributed by atoms with van der Waals surface area (Å²) in [6.45, 7) is 5.53. The highest BCUT2D eigenvalue weighted by atomic mass is 16.4. The van der Waals surface area contributed by atoms with E-state index in [0.717, 1.165) is 19.5 Å². The lowest BCUT2D eigenvalue weighted by atomic mass is 9.91. The Morgan fingerprint density at radius 2 is 1.96 bits per heavy atom. The number of carboxylic acid groups (broad SMARTS) is 1. The van der Waals surface area contributed by atoms with E-state index in [0.29, 0.717) is 32.1 Å². The molecule has 0 aliphatic carbocycles. The van der Waals surface area contributed by atoms with Crippen LogP contribution in [0.3, 0.4) is 0 Å². The summed E-state index contributed by atoms with van der Waals surface area (Å²) in [4.78, 5) is 28.1. The molecule has 2 heterocycles. The standard InChI is InChI=1S/C21H31N3O3/c1-16-11-18(20(25)26)15-24(13-16)21(27)22-12-19-9-5-6-10-23(19)14-17-7-3-2-4-8-17/h2-4,7-8,16,18-19H,5-6,9-15H2,1H3,(H,22,27)(H,25,26). The van der Waals surface area contributed by atoms with Crippen LogP contribution in [0.1, 0.15) is 38.2 Å². The second kappa shape index (κ2) is 9.22. The van der Waals surface area contributed by atoms with Gasteiger partial charge in [0.25, 0.3) is 0 Å². The minimum Gasteiger partial charge on any atom is -0.481 e. The monoisotopic (exact) mass is 373 g/mol. The lowest BCUT2D eigenvalue weighted by Crippen LogP contribution is -2.52. The third-order valence-corrected chi connectivity index (χ3v) is 5.76. The second-order valence-electron chi connectivity index (χ2n) is 8.07. The topological polar surface area (TPSA) is 72.9 Å². The number of nitrogens with zero attached hydrogens (tertiary/aromatic N) is 2. The van der Waals surface area contributed by atoms with Crippen LogP contribution in [0.15, 0.2) is 30.3 Å². The Balaban J connectivity index is 1.54. The molecule has 0 spiro atoms. The molecule has 2 saturated heterocycles. The maximum absolute atomic E-state index is 12.6. The molecule has 1 aromatic carbocycles. The Morgan fingerprint density at radius 3 is 2.70 bits per heavy atom. The number of nitrogens with one attached hydrogen (secondary N) is 1. The number of aliphatic carboxylic acids is 1. The summed E-state index contributed by atoms with van der Waals surface area (Å²) in [5.41, 5.74) is 1.30. The van der Waals surface area contributed by atoms with Crippen molar-refractivity contribution in [1.29, 1.82) is 0 Å². The van der Waals surface area contributed by atoms with Crippen LogP contribution in [0.5, 0.6) is 0 Å². The third-order valence-electron chi connectivity index (χ3n) is 5.76. The number of carboxylic acids is 1. The van der Waals surface area contributed by atoms with Crippen LogP contribution in [0.4, 0.5) is 4.79 Å². The molecule has 0 bridgehead atoms. The van der Waals surface area contributed by atoms with E-state index in [-0.39, 0.29) is 11.9 Å². The molecule has 2 aliphatic heterocycles. The fraction of sp³-hybridized carbons (Fsp3) is 0.619. The van der Waals surface area contributed by atoms with E-state index in [1.54, 1.807) is 4.90 Å². The summed E-state index contributed by atoms with van der Waals surface area (Å²) in [5.74, 6) is -1.04. The van der Waals surface area contributed by atoms with Crippen molar-refractivity contribution in [3.63, 3.8) is 0 Å². The Morgan fingerprint density at radius 1 is 1.19 bits per heavy atom. The van der Waals surface area contributed by atoms with Gasteiger partial charge in [0.15, 0.2) is 0 Å². The number of benzene rings is 1. The highest BCUT2D eigenvalue weighted by Gasteiger charge is 2.32. The summed E-state index contributed by atoms with van der Waals surface area (Å²) in [5, 5.41) is 12.4. The van der Waals surface area contributed by atoms with Gasteiger partial charge in [-0.15, -0.1) is 0 Å². The Labute approximate surface area is 161 Å². The molecule has 6 heteroatoms. The summed E-state index contributed by atoms with van der Waals surface area (Å²) in [6, 6.07) is 10.6. The number of hydrogen-bond acceptors (Lipinski definition) is 3. The minimum absolute atomic E-state index is 0.127. The summed E-state index contributed by atoms with van der Waals surface area (Å²) in [6.07, 6.45) is 4.11. The number of likely N-dealkylation sites (tertiary alicyclic amines) is 2. The van der Waals surface area contributed by atoms with Gasteiger partial charge in [0, 0.05) is 32.2 Å². The van der Waals surface area contributed by atoms with Crippen molar-refractivity contribution in [1.82, 2.24) is 15.1 Å². The van der Waals surface area contributed by atoms with Crippen LogP contribution >= 0.6 is 0 Å². The number of urea groups is 1. The van der Waals surface area contributed by atoms with Crippen molar-refractivity contribution in [2.75, 3.05) is 26.2 Å². The van der Waals surface area contributed by atoms with Crippen LogP contribution in [-0.2, 0) is 11.3 Å². The number of piperidine rings is 2. The predicted molar refractivity (Wildman–Crippen MR) is 104 cm³/mol. The molecule has 0 saturated carbocycles. The first-order chi connectivity index (χ1) is 13.0. The molecule has 27 heavy (non-hydrogen) atoms. The first-order valence-electron chi connectivity index (χ1n) is 10.1. The molecule has 3 atom stereocenters. The second-order valence-corrected chi connectivity index (χ2v) is 8.07. The Kier molecular flexibility index (Phi) is 6.72. The zero-order chi connectivity index (χ0) is 19.2. The van der Waals surface area contributed by atoms with Crippen LogP contribution in [0, 0.1) is 11.8 Å². The lowest BCUT2D eigenvalue weighted by molar-refractivity contribution is -0.143. The molecule has 3 rings (SSSR count). The zero-order valence-corrected chi connectivity index (χ0v) is 16.1. The maximum atomic E-state index is 12.6.